The topological polar surface area (TPSA) is 84.2 Å². The number of thioether (sulfide) groups is 1. The predicted molar refractivity (Wildman–Crippen MR) is 91.8 cm³/mol. The van der Waals surface area contributed by atoms with Crippen molar-refractivity contribution >= 4 is 29.4 Å². The molecule has 2 aromatic heterocycles. The average molecular weight is 345 g/mol. The summed E-state index contributed by atoms with van der Waals surface area (Å²) < 4.78 is 5.28. The van der Waals surface area contributed by atoms with Crippen molar-refractivity contribution in [3.63, 3.8) is 0 Å². The number of anilines is 2. The van der Waals surface area contributed by atoms with Gasteiger partial charge in [0.1, 0.15) is 0 Å². The zero-order valence-electron chi connectivity index (χ0n) is 13.5. The Morgan fingerprint density at radius 1 is 1.29 bits per heavy atom. The van der Waals surface area contributed by atoms with Crippen molar-refractivity contribution in [1.29, 1.82) is 0 Å². The fraction of sp³-hybridized carbons (Fsp3) is 0.500. The highest BCUT2D eigenvalue weighted by Gasteiger charge is 2.29. The van der Waals surface area contributed by atoms with Gasteiger partial charge in [0.25, 0.3) is 0 Å². The summed E-state index contributed by atoms with van der Waals surface area (Å²) in [5.41, 5.74) is 2.91. The summed E-state index contributed by atoms with van der Waals surface area (Å²) in [4.78, 5) is 14.7. The highest BCUT2D eigenvalue weighted by molar-refractivity contribution is 7.98. The van der Waals surface area contributed by atoms with Crippen LogP contribution in [0.4, 0.5) is 11.7 Å². The van der Waals surface area contributed by atoms with Gasteiger partial charge in [-0.2, -0.15) is 16.9 Å². The molecule has 2 aliphatic heterocycles. The molecule has 1 N–H and O–H groups in total. The van der Waals surface area contributed by atoms with E-state index in [1.165, 1.54) is 0 Å². The van der Waals surface area contributed by atoms with Crippen LogP contribution in [0.25, 0.3) is 0 Å². The van der Waals surface area contributed by atoms with E-state index in [1.54, 1.807) is 11.8 Å². The number of fused-ring (bicyclic) bond motifs is 1. The molecule has 0 unspecified atom stereocenters. The first-order chi connectivity index (χ1) is 11.7. The molecule has 0 spiro atoms. The molecule has 0 saturated carbocycles. The van der Waals surface area contributed by atoms with Gasteiger partial charge >= 0.3 is 0 Å². The second-order valence-corrected chi connectivity index (χ2v) is 7.20. The molecular weight excluding hydrogens is 326 g/mol. The number of aryl methyl sites for hydroxylation is 1. The molecular formula is C16H19N5O2S. The summed E-state index contributed by atoms with van der Waals surface area (Å²) in [6.07, 6.45) is 1.60. The van der Waals surface area contributed by atoms with Gasteiger partial charge in [-0.05, 0) is 31.9 Å². The molecule has 1 fully saturated rings. The van der Waals surface area contributed by atoms with Crippen LogP contribution in [-0.4, -0.2) is 34.4 Å². The first-order valence-electron chi connectivity index (χ1n) is 8.12. The summed E-state index contributed by atoms with van der Waals surface area (Å²) in [5, 5.41) is 15.3. The minimum atomic E-state index is -0.00513. The predicted octanol–water partition coefficient (Wildman–Crippen LogP) is 2.37. The smallest absolute Gasteiger partial charge is 0.235 e. The molecule has 0 bridgehead atoms. The Labute approximate surface area is 144 Å². The van der Waals surface area contributed by atoms with Crippen molar-refractivity contribution in [3.8, 4) is 0 Å². The lowest BCUT2D eigenvalue weighted by Crippen LogP contribution is -2.38. The maximum atomic E-state index is 12.5. The van der Waals surface area contributed by atoms with Crippen molar-refractivity contribution in [2.45, 2.75) is 31.3 Å². The summed E-state index contributed by atoms with van der Waals surface area (Å²) in [5.74, 6) is 3.16. The number of piperidine rings is 1. The monoisotopic (exact) mass is 345 g/mol. The van der Waals surface area contributed by atoms with Gasteiger partial charge in [-0.15, -0.1) is 5.10 Å². The standard InChI is InChI=1S/C16H19N5O2S/c1-10-2-3-14(19-18-10)21-6-4-11(5-7-21)15(22)17-16-12-8-24-9-13(12)20-23-16/h2-3,11H,4-9H2,1H3,(H,17,22). The molecule has 1 amide bonds. The number of hydrogen-bond donors (Lipinski definition) is 1. The second kappa shape index (κ2) is 6.43. The number of nitrogens with one attached hydrogen (secondary N) is 1. The van der Waals surface area contributed by atoms with Crippen LogP contribution in [-0.2, 0) is 16.3 Å². The van der Waals surface area contributed by atoms with Gasteiger partial charge in [0.2, 0.25) is 11.8 Å². The van der Waals surface area contributed by atoms with Crippen LogP contribution in [0.15, 0.2) is 16.7 Å². The number of nitrogens with zero attached hydrogens (tertiary/aromatic N) is 4. The lowest BCUT2D eigenvalue weighted by Gasteiger charge is -2.31. The third-order valence-electron chi connectivity index (χ3n) is 4.57. The maximum Gasteiger partial charge on any atom is 0.235 e. The van der Waals surface area contributed by atoms with E-state index in [0.29, 0.717) is 5.88 Å². The zero-order chi connectivity index (χ0) is 16.5. The van der Waals surface area contributed by atoms with E-state index >= 15 is 0 Å². The van der Waals surface area contributed by atoms with E-state index < -0.39 is 0 Å². The van der Waals surface area contributed by atoms with Crippen LogP contribution in [0.3, 0.4) is 0 Å². The molecule has 0 atom stereocenters. The van der Waals surface area contributed by atoms with E-state index in [2.05, 4.69) is 25.6 Å². The fourth-order valence-electron chi connectivity index (χ4n) is 3.10. The second-order valence-electron chi connectivity index (χ2n) is 6.21. The van der Waals surface area contributed by atoms with Crippen molar-refractivity contribution in [1.82, 2.24) is 15.4 Å². The Balaban J connectivity index is 1.35. The summed E-state index contributed by atoms with van der Waals surface area (Å²) >= 11 is 1.79. The normalized spacial score (nSPS) is 17.8. The zero-order valence-corrected chi connectivity index (χ0v) is 14.3. The van der Waals surface area contributed by atoms with Crippen molar-refractivity contribution in [2.75, 3.05) is 23.3 Å². The van der Waals surface area contributed by atoms with Gasteiger partial charge in [-0.1, -0.05) is 5.16 Å². The SMILES string of the molecule is Cc1ccc(N2CCC(C(=O)Nc3onc4c3CSC4)CC2)nn1. The van der Waals surface area contributed by atoms with E-state index in [4.69, 9.17) is 4.52 Å². The lowest BCUT2D eigenvalue weighted by atomic mass is 9.96. The van der Waals surface area contributed by atoms with Crippen LogP contribution in [0, 0.1) is 12.8 Å². The van der Waals surface area contributed by atoms with Gasteiger partial charge in [0.05, 0.1) is 17.0 Å². The Morgan fingerprint density at radius 2 is 2.12 bits per heavy atom. The van der Waals surface area contributed by atoms with Crippen molar-refractivity contribution < 1.29 is 9.32 Å². The molecule has 0 aliphatic carbocycles. The molecule has 0 aromatic carbocycles. The molecule has 1 saturated heterocycles. The number of amides is 1. The Bertz CT molecular complexity index is 737. The lowest BCUT2D eigenvalue weighted by molar-refractivity contribution is -0.120. The van der Waals surface area contributed by atoms with Crippen molar-refractivity contribution in [2.24, 2.45) is 5.92 Å². The number of carbonyl (C=O) groups excluding carboxylic acids is 1. The molecule has 24 heavy (non-hydrogen) atoms. The third kappa shape index (κ3) is 2.98. The van der Waals surface area contributed by atoms with Crippen LogP contribution in [0.5, 0.6) is 0 Å². The highest BCUT2D eigenvalue weighted by atomic mass is 32.2. The van der Waals surface area contributed by atoms with E-state index in [-0.39, 0.29) is 11.8 Å². The molecule has 0 radical (unpaired) electrons. The summed E-state index contributed by atoms with van der Waals surface area (Å²) in [6.45, 7) is 3.53. The number of hydrogen-bond acceptors (Lipinski definition) is 7. The molecule has 8 heteroatoms. The van der Waals surface area contributed by atoms with Gasteiger partial charge < -0.3 is 9.42 Å². The minimum Gasteiger partial charge on any atom is -0.355 e. The molecule has 7 nitrogen and oxygen atoms in total. The fourth-order valence-corrected chi connectivity index (χ4v) is 4.12. The van der Waals surface area contributed by atoms with E-state index in [1.807, 2.05) is 19.1 Å². The maximum absolute atomic E-state index is 12.5. The van der Waals surface area contributed by atoms with Crippen LogP contribution >= 0.6 is 11.8 Å². The summed E-state index contributed by atoms with van der Waals surface area (Å²) in [6, 6.07) is 3.95. The molecule has 4 rings (SSSR count). The Hall–Kier alpha value is -2.09. The number of aromatic nitrogens is 3. The third-order valence-corrected chi connectivity index (χ3v) is 5.54. The number of rotatable bonds is 3. The molecule has 2 aliphatic rings. The quantitative estimate of drug-likeness (QED) is 0.914. The van der Waals surface area contributed by atoms with Gasteiger partial charge in [-0.3, -0.25) is 10.1 Å². The van der Waals surface area contributed by atoms with E-state index in [9.17, 15) is 4.79 Å². The van der Waals surface area contributed by atoms with E-state index in [0.717, 1.165) is 60.2 Å². The van der Waals surface area contributed by atoms with Crippen LogP contribution in [0.1, 0.15) is 29.8 Å². The largest absolute Gasteiger partial charge is 0.355 e. The molecule has 2 aromatic rings. The average Bonchev–Trinajstić information content (AvgIpc) is 3.21. The summed E-state index contributed by atoms with van der Waals surface area (Å²) in [7, 11) is 0. The first kappa shape index (κ1) is 15.4. The van der Waals surface area contributed by atoms with Crippen LogP contribution in [0.2, 0.25) is 0 Å². The Morgan fingerprint density at radius 3 is 2.88 bits per heavy atom. The Kier molecular flexibility index (Phi) is 4.13. The molecule has 126 valence electrons. The molecule has 4 heterocycles. The van der Waals surface area contributed by atoms with Gasteiger partial charge in [0.15, 0.2) is 5.82 Å². The number of carbonyl (C=O) groups is 1. The first-order valence-corrected chi connectivity index (χ1v) is 9.27. The minimum absolute atomic E-state index is 0.00513. The van der Waals surface area contributed by atoms with Gasteiger partial charge in [-0.25, -0.2) is 0 Å². The van der Waals surface area contributed by atoms with Gasteiger partial charge in [0, 0.05) is 30.5 Å². The highest BCUT2D eigenvalue weighted by Crippen LogP contribution is 2.35. The van der Waals surface area contributed by atoms with Crippen LogP contribution < -0.4 is 10.2 Å². The van der Waals surface area contributed by atoms with Crippen molar-refractivity contribution in [3.05, 3.63) is 29.1 Å².